The Morgan fingerprint density at radius 3 is 2.71 bits per heavy atom. The predicted molar refractivity (Wildman–Crippen MR) is 69.4 cm³/mol. The van der Waals surface area contributed by atoms with Crippen LogP contribution in [0.15, 0.2) is 36.5 Å². The Morgan fingerprint density at radius 1 is 1.18 bits per heavy atom. The Labute approximate surface area is 109 Å². The van der Waals surface area contributed by atoms with Crippen molar-refractivity contribution < 1.29 is 4.74 Å². The van der Waals surface area contributed by atoms with Gasteiger partial charge in [0.2, 0.25) is 0 Å². The van der Waals surface area contributed by atoms with E-state index in [1.165, 1.54) is 0 Å². The lowest BCUT2D eigenvalue weighted by Crippen LogP contribution is -1.99. The van der Waals surface area contributed by atoms with Gasteiger partial charge in [0.15, 0.2) is 0 Å². The van der Waals surface area contributed by atoms with Gasteiger partial charge < -0.3 is 10.5 Å². The second kappa shape index (κ2) is 5.25. The summed E-state index contributed by atoms with van der Waals surface area (Å²) < 4.78 is 5.53. The predicted octanol–water partition coefficient (Wildman–Crippen LogP) is 3.55. The van der Waals surface area contributed by atoms with Gasteiger partial charge in [-0.05, 0) is 18.2 Å². The zero-order chi connectivity index (χ0) is 12.3. The number of aromatic nitrogens is 1. The molecule has 2 aromatic rings. The first kappa shape index (κ1) is 12.0. The first-order chi connectivity index (χ1) is 8.16. The summed E-state index contributed by atoms with van der Waals surface area (Å²) in [5.74, 6) is 0.499. The summed E-state index contributed by atoms with van der Waals surface area (Å²) in [7, 11) is 0. The molecule has 0 aliphatic carbocycles. The number of ether oxygens (including phenoxy) is 1. The minimum absolute atomic E-state index is 0.335. The summed E-state index contributed by atoms with van der Waals surface area (Å²) in [5, 5.41) is 0.848. The van der Waals surface area contributed by atoms with Crippen LogP contribution in [0.2, 0.25) is 10.0 Å². The minimum Gasteiger partial charge on any atom is -0.486 e. The van der Waals surface area contributed by atoms with Gasteiger partial charge in [0.1, 0.15) is 12.4 Å². The van der Waals surface area contributed by atoms with Gasteiger partial charge in [0.25, 0.3) is 0 Å². The molecule has 2 N–H and O–H groups in total. The molecule has 0 spiro atoms. The number of benzene rings is 1. The molecule has 0 fully saturated rings. The van der Waals surface area contributed by atoms with Crippen molar-refractivity contribution in [3.63, 3.8) is 0 Å². The maximum absolute atomic E-state index is 5.98. The van der Waals surface area contributed by atoms with Crippen LogP contribution >= 0.6 is 23.2 Å². The lowest BCUT2D eigenvalue weighted by molar-refractivity contribution is 0.301. The van der Waals surface area contributed by atoms with Gasteiger partial charge in [0, 0.05) is 12.3 Å². The highest BCUT2D eigenvalue weighted by Crippen LogP contribution is 2.32. The number of hydrogen-bond acceptors (Lipinski definition) is 3. The van der Waals surface area contributed by atoms with Crippen LogP contribution in [0.3, 0.4) is 0 Å². The van der Waals surface area contributed by atoms with E-state index in [1.807, 2.05) is 18.2 Å². The topological polar surface area (TPSA) is 48.1 Å². The number of anilines is 1. The molecule has 0 aliphatic heterocycles. The first-order valence-corrected chi connectivity index (χ1v) is 5.69. The number of rotatable bonds is 3. The van der Waals surface area contributed by atoms with E-state index in [0.717, 1.165) is 5.69 Å². The van der Waals surface area contributed by atoms with Crippen LogP contribution < -0.4 is 10.5 Å². The van der Waals surface area contributed by atoms with Crippen molar-refractivity contribution in [3.05, 3.63) is 52.3 Å². The number of nitrogens with zero attached hydrogens (tertiary/aromatic N) is 1. The van der Waals surface area contributed by atoms with E-state index in [2.05, 4.69) is 4.98 Å². The van der Waals surface area contributed by atoms with E-state index in [9.17, 15) is 0 Å². The van der Waals surface area contributed by atoms with E-state index < -0.39 is 0 Å². The van der Waals surface area contributed by atoms with Gasteiger partial charge in [-0.1, -0.05) is 29.3 Å². The van der Waals surface area contributed by atoms with E-state index in [0.29, 0.717) is 28.1 Å². The van der Waals surface area contributed by atoms with Crippen molar-refractivity contribution in [1.29, 1.82) is 0 Å². The Kier molecular flexibility index (Phi) is 3.71. The molecule has 5 heteroatoms. The first-order valence-electron chi connectivity index (χ1n) is 4.94. The van der Waals surface area contributed by atoms with Gasteiger partial charge in [-0.2, -0.15) is 0 Å². The number of halogens is 2. The van der Waals surface area contributed by atoms with E-state index in [4.69, 9.17) is 33.7 Å². The van der Waals surface area contributed by atoms with Crippen molar-refractivity contribution in [2.45, 2.75) is 6.61 Å². The van der Waals surface area contributed by atoms with Gasteiger partial charge >= 0.3 is 0 Å². The zero-order valence-electron chi connectivity index (χ0n) is 8.86. The lowest BCUT2D eigenvalue weighted by Gasteiger charge is -2.09. The fourth-order valence-corrected chi connectivity index (χ4v) is 1.73. The summed E-state index contributed by atoms with van der Waals surface area (Å²) in [6.45, 7) is 0.335. The second-order valence-electron chi connectivity index (χ2n) is 3.41. The molecule has 17 heavy (non-hydrogen) atoms. The largest absolute Gasteiger partial charge is 0.486 e. The molecule has 0 saturated carbocycles. The molecule has 0 saturated heterocycles. The molecule has 3 nitrogen and oxygen atoms in total. The van der Waals surface area contributed by atoms with Gasteiger partial charge in [-0.25, -0.2) is 0 Å². The van der Waals surface area contributed by atoms with Crippen LogP contribution in [-0.4, -0.2) is 4.98 Å². The summed E-state index contributed by atoms with van der Waals surface area (Å²) in [5.41, 5.74) is 6.93. The van der Waals surface area contributed by atoms with Crippen molar-refractivity contribution >= 4 is 28.9 Å². The molecule has 88 valence electrons. The molecular formula is C12H10Cl2N2O. The molecule has 0 unspecified atom stereocenters. The second-order valence-corrected chi connectivity index (χ2v) is 4.23. The molecule has 0 radical (unpaired) electrons. The van der Waals surface area contributed by atoms with Crippen LogP contribution in [-0.2, 0) is 6.61 Å². The van der Waals surface area contributed by atoms with E-state index in [-0.39, 0.29) is 0 Å². The molecular weight excluding hydrogens is 259 g/mol. The summed E-state index contributed by atoms with van der Waals surface area (Å²) >= 11 is 11.8. The molecule has 1 aromatic carbocycles. The number of nitrogens with two attached hydrogens (primary N) is 1. The summed E-state index contributed by atoms with van der Waals surface area (Å²) in [6.07, 6.45) is 1.70. The number of hydrogen-bond donors (Lipinski definition) is 1. The number of pyridine rings is 1. The minimum atomic E-state index is 0.335. The summed E-state index contributed by atoms with van der Waals surface area (Å²) in [4.78, 5) is 4.14. The normalized spacial score (nSPS) is 10.2. The molecule has 0 aliphatic rings. The van der Waals surface area contributed by atoms with Gasteiger partial charge in [0.05, 0.1) is 21.4 Å². The standard InChI is InChI=1S/C12H10Cl2N2O/c13-9-5-10(14)12(6-11(9)15)17-7-8-3-1-2-4-16-8/h1-6H,7,15H2. The van der Waals surface area contributed by atoms with Crippen molar-refractivity contribution in [2.75, 3.05) is 5.73 Å². The Morgan fingerprint density at radius 2 is 2.00 bits per heavy atom. The number of nitrogen functional groups attached to an aromatic ring is 1. The molecule has 1 aromatic heterocycles. The van der Waals surface area contributed by atoms with Crippen LogP contribution in [0.4, 0.5) is 5.69 Å². The monoisotopic (exact) mass is 268 g/mol. The third-order valence-electron chi connectivity index (χ3n) is 2.15. The molecule has 0 amide bonds. The molecule has 1 heterocycles. The average Bonchev–Trinajstić information content (AvgIpc) is 2.33. The Hall–Kier alpha value is -1.45. The highest BCUT2D eigenvalue weighted by Gasteiger charge is 2.06. The van der Waals surface area contributed by atoms with E-state index >= 15 is 0 Å². The van der Waals surface area contributed by atoms with Crippen LogP contribution in [0.25, 0.3) is 0 Å². The zero-order valence-corrected chi connectivity index (χ0v) is 10.4. The van der Waals surface area contributed by atoms with Crippen LogP contribution in [0.5, 0.6) is 5.75 Å². The SMILES string of the molecule is Nc1cc(OCc2ccccn2)c(Cl)cc1Cl. The average molecular weight is 269 g/mol. The Balaban J connectivity index is 2.12. The van der Waals surface area contributed by atoms with E-state index in [1.54, 1.807) is 18.3 Å². The smallest absolute Gasteiger partial charge is 0.140 e. The lowest BCUT2D eigenvalue weighted by atomic mass is 10.3. The molecule has 2 rings (SSSR count). The maximum Gasteiger partial charge on any atom is 0.140 e. The third kappa shape index (κ3) is 3.02. The maximum atomic E-state index is 5.98. The van der Waals surface area contributed by atoms with Gasteiger partial charge in [-0.3, -0.25) is 4.98 Å². The van der Waals surface area contributed by atoms with Crippen molar-refractivity contribution in [1.82, 2.24) is 4.98 Å². The fraction of sp³-hybridized carbons (Fsp3) is 0.0833. The van der Waals surface area contributed by atoms with Crippen LogP contribution in [0, 0.1) is 0 Å². The van der Waals surface area contributed by atoms with Crippen LogP contribution in [0.1, 0.15) is 5.69 Å². The third-order valence-corrected chi connectivity index (χ3v) is 2.78. The Bertz CT molecular complexity index is 517. The molecule has 0 bridgehead atoms. The fourth-order valence-electron chi connectivity index (χ4n) is 1.29. The van der Waals surface area contributed by atoms with Crippen molar-refractivity contribution in [3.8, 4) is 5.75 Å². The van der Waals surface area contributed by atoms with Gasteiger partial charge in [-0.15, -0.1) is 0 Å². The summed E-state index contributed by atoms with van der Waals surface area (Å²) in [6, 6.07) is 8.77. The van der Waals surface area contributed by atoms with Crippen molar-refractivity contribution in [2.24, 2.45) is 0 Å². The highest BCUT2D eigenvalue weighted by atomic mass is 35.5. The quantitative estimate of drug-likeness (QED) is 0.867. The highest BCUT2D eigenvalue weighted by molar-refractivity contribution is 6.37. The molecule has 0 atom stereocenters.